The molecule has 0 fully saturated rings. The normalized spacial score (nSPS) is 12.5. The fourth-order valence-electron chi connectivity index (χ4n) is 6.95. The number of unbranched alkanes of at least 4 members (excludes halogenated alkanes) is 20. The smallest absolute Gasteiger partial charge is 0.306 e. The molecular weight excluding hydrogens is 594 g/mol. The Kier molecular flexibility index (Phi) is 43.0. The average molecular weight is 682 g/mol. The first-order valence-electron chi connectivity index (χ1n) is 21.4. The van der Waals surface area contributed by atoms with Gasteiger partial charge in [-0.25, -0.2) is 0 Å². The zero-order valence-electron chi connectivity index (χ0n) is 33.4. The van der Waals surface area contributed by atoms with Gasteiger partial charge in [-0.1, -0.05) is 188 Å². The third-order valence-electron chi connectivity index (χ3n) is 10.0. The summed E-state index contributed by atoms with van der Waals surface area (Å²) in [4.78, 5) is 23.3. The van der Waals surface area contributed by atoms with E-state index in [-0.39, 0.29) is 18.5 Å². The largest absolute Gasteiger partial charge is 0.483 e. The van der Waals surface area contributed by atoms with Crippen LogP contribution < -0.4 is 0 Å². The van der Waals surface area contributed by atoms with E-state index in [1.807, 2.05) is 0 Å². The van der Waals surface area contributed by atoms with Gasteiger partial charge in [0.15, 0.2) is 0 Å². The molecule has 48 heavy (non-hydrogen) atoms. The Morgan fingerprint density at radius 3 is 1.31 bits per heavy atom. The Balaban J connectivity index is 0. The lowest BCUT2D eigenvalue weighted by Gasteiger charge is -2.18. The van der Waals surface area contributed by atoms with E-state index in [9.17, 15) is 4.79 Å². The van der Waals surface area contributed by atoms with Gasteiger partial charge < -0.3 is 14.7 Å². The van der Waals surface area contributed by atoms with Gasteiger partial charge in [-0.15, -0.1) is 0 Å². The van der Waals surface area contributed by atoms with Crippen molar-refractivity contribution in [3.8, 4) is 0 Å². The van der Waals surface area contributed by atoms with Crippen LogP contribution in [0.3, 0.4) is 0 Å². The maximum absolute atomic E-state index is 12.4. The average Bonchev–Trinajstić information content (AvgIpc) is 3.07. The molecule has 0 aromatic carbocycles. The molecule has 0 bridgehead atoms. The lowest BCUT2D eigenvalue weighted by molar-refractivity contribution is -0.150. The highest BCUT2D eigenvalue weighted by molar-refractivity contribution is 5.69. The van der Waals surface area contributed by atoms with Crippen LogP contribution in [-0.2, 0) is 14.3 Å². The van der Waals surface area contributed by atoms with Crippen LogP contribution in [0.15, 0.2) is 0 Å². The summed E-state index contributed by atoms with van der Waals surface area (Å²) >= 11 is 0. The van der Waals surface area contributed by atoms with Crippen molar-refractivity contribution >= 4 is 12.4 Å². The van der Waals surface area contributed by atoms with Crippen molar-refractivity contribution in [2.45, 2.75) is 239 Å². The van der Waals surface area contributed by atoms with E-state index in [4.69, 9.17) is 14.6 Å². The zero-order chi connectivity index (χ0) is 35.8. The number of rotatable bonds is 37. The Morgan fingerprint density at radius 1 is 0.521 bits per heavy atom. The van der Waals surface area contributed by atoms with Crippen LogP contribution in [0, 0.1) is 5.92 Å². The second-order valence-electron chi connectivity index (χ2n) is 14.9. The van der Waals surface area contributed by atoms with Crippen LogP contribution in [0.4, 0.5) is 0 Å². The highest BCUT2D eigenvalue weighted by Gasteiger charge is 2.13. The number of hydrogen-bond acceptors (Lipinski definition) is 4. The van der Waals surface area contributed by atoms with Gasteiger partial charge >= 0.3 is 5.97 Å². The number of carboxylic acid groups (broad SMARTS) is 1. The van der Waals surface area contributed by atoms with Crippen molar-refractivity contribution in [1.82, 2.24) is 4.90 Å². The molecule has 5 nitrogen and oxygen atoms in total. The van der Waals surface area contributed by atoms with Gasteiger partial charge in [0.2, 0.25) is 0 Å². The van der Waals surface area contributed by atoms with Crippen LogP contribution in [0.5, 0.6) is 0 Å². The van der Waals surface area contributed by atoms with Crippen LogP contribution in [0.1, 0.15) is 233 Å². The third-order valence-corrected chi connectivity index (χ3v) is 10.0. The van der Waals surface area contributed by atoms with Gasteiger partial charge in [-0.3, -0.25) is 9.59 Å². The van der Waals surface area contributed by atoms with Crippen LogP contribution in [0.2, 0.25) is 0 Å². The topological polar surface area (TPSA) is 66.8 Å². The summed E-state index contributed by atoms with van der Waals surface area (Å²) in [7, 11) is 2.30. The molecular formula is C43H87NO4. The summed E-state index contributed by atoms with van der Waals surface area (Å²) < 4.78 is 5.86. The molecule has 0 saturated carbocycles. The first kappa shape index (κ1) is 49.0. The standard InChI is InChI=1S/C42H85NO2.CH2O2/c1-6-10-13-16-21-28-36-41(32-9-4)45-42(44)37-29-22-18-24-31-39-43(5)38-30-23-17-20-27-35-40(33-25-15-12-8-3)34-26-19-14-11-7-2;2-1-3/h40-41H,6-39H2,1-5H3;1H,(H,2,3). The number of ether oxygens (including phenoxy) is 1. The zero-order valence-corrected chi connectivity index (χ0v) is 33.4. The number of hydrogen-bond donors (Lipinski definition) is 1. The third kappa shape index (κ3) is 39.3. The van der Waals surface area contributed by atoms with E-state index in [2.05, 4.69) is 39.6 Å². The highest BCUT2D eigenvalue weighted by atomic mass is 16.5. The monoisotopic (exact) mass is 682 g/mol. The summed E-state index contributed by atoms with van der Waals surface area (Å²) in [5, 5.41) is 6.89. The molecule has 288 valence electrons. The van der Waals surface area contributed by atoms with Crippen molar-refractivity contribution in [2.24, 2.45) is 5.92 Å². The maximum Gasteiger partial charge on any atom is 0.306 e. The van der Waals surface area contributed by atoms with E-state index >= 15 is 0 Å². The van der Waals surface area contributed by atoms with E-state index < -0.39 is 0 Å². The van der Waals surface area contributed by atoms with Crippen molar-refractivity contribution in [2.75, 3.05) is 20.1 Å². The second-order valence-corrected chi connectivity index (χ2v) is 14.9. The summed E-state index contributed by atoms with van der Waals surface area (Å²) in [6.07, 6.45) is 42.1. The first-order chi connectivity index (χ1) is 23.5. The molecule has 5 heteroatoms. The molecule has 0 aromatic rings. The summed E-state index contributed by atoms with van der Waals surface area (Å²) in [6.45, 7) is 11.3. The summed E-state index contributed by atoms with van der Waals surface area (Å²) in [5.41, 5.74) is 0. The minimum atomic E-state index is -0.250. The summed E-state index contributed by atoms with van der Waals surface area (Å²) in [6, 6.07) is 0. The molecule has 0 spiro atoms. The maximum atomic E-state index is 12.4. The molecule has 0 amide bonds. The van der Waals surface area contributed by atoms with E-state index in [1.165, 1.54) is 180 Å². The van der Waals surface area contributed by atoms with Crippen LogP contribution >= 0.6 is 0 Å². The number of carbonyl (C=O) groups excluding carboxylic acids is 1. The lowest BCUT2D eigenvalue weighted by atomic mass is 9.89. The molecule has 0 heterocycles. The SMILES string of the molecule is CCCCCCCCC(CCC)OC(=O)CCCCCCCN(C)CCCCCCCC(CCCCCC)CCCCCCC.O=CO. The molecule has 0 aliphatic rings. The lowest BCUT2D eigenvalue weighted by Crippen LogP contribution is -2.20. The highest BCUT2D eigenvalue weighted by Crippen LogP contribution is 2.24. The predicted molar refractivity (Wildman–Crippen MR) is 210 cm³/mol. The van der Waals surface area contributed by atoms with Crippen molar-refractivity contribution in [3.05, 3.63) is 0 Å². The van der Waals surface area contributed by atoms with Crippen molar-refractivity contribution < 1.29 is 19.4 Å². The molecule has 2 atom stereocenters. The van der Waals surface area contributed by atoms with Crippen molar-refractivity contribution in [3.63, 3.8) is 0 Å². The van der Waals surface area contributed by atoms with Gasteiger partial charge in [0.05, 0.1) is 0 Å². The molecule has 0 saturated heterocycles. The van der Waals surface area contributed by atoms with Gasteiger partial charge in [0, 0.05) is 6.42 Å². The molecule has 0 aliphatic heterocycles. The molecule has 0 radical (unpaired) electrons. The number of nitrogens with zero attached hydrogens (tertiary/aromatic N) is 1. The Hall–Kier alpha value is -1.10. The van der Waals surface area contributed by atoms with Gasteiger partial charge in [0.25, 0.3) is 6.47 Å². The van der Waals surface area contributed by atoms with Gasteiger partial charge in [-0.2, -0.15) is 0 Å². The summed E-state index contributed by atoms with van der Waals surface area (Å²) in [5.74, 6) is 1.04. The predicted octanol–water partition coefficient (Wildman–Crippen LogP) is 13.7. The minimum Gasteiger partial charge on any atom is -0.483 e. The van der Waals surface area contributed by atoms with E-state index in [1.54, 1.807) is 0 Å². The van der Waals surface area contributed by atoms with Crippen LogP contribution in [-0.4, -0.2) is 48.7 Å². The van der Waals surface area contributed by atoms with Gasteiger partial charge in [0.1, 0.15) is 6.10 Å². The van der Waals surface area contributed by atoms with E-state index in [0.717, 1.165) is 38.0 Å². The number of esters is 1. The first-order valence-corrected chi connectivity index (χ1v) is 21.4. The van der Waals surface area contributed by atoms with Crippen LogP contribution in [0.25, 0.3) is 0 Å². The molecule has 0 aromatic heterocycles. The Labute approximate surface area is 301 Å². The number of carbonyl (C=O) groups is 2. The molecule has 2 unspecified atom stereocenters. The Bertz CT molecular complexity index is 628. The van der Waals surface area contributed by atoms with E-state index in [0.29, 0.717) is 6.42 Å². The molecule has 0 rings (SSSR count). The molecule has 0 aliphatic carbocycles. The molecule has 1 N–H and O–H groups in total. The van der Waals surface area contributed by atoms with Gasteiger partial charge in [-0.05, 0) is 64.6 Å². The second kappa shape index (κ2) is 42.1. The Morgan fingerprint density at radius 2 is 0.875 bits per heavy atom. The minimum absolute atomic E-state index is 0.0409. The fraction of sp³-hybridized carbons (Fsp3) is 0.953. The quantitative estimate of drug-likeness (QED) is 0.0401. The van der Waals surface area contributed by atoms with Crippen molar-refractivity contribution in [1.29, 1.82) is 0 Å². The fourth-order valence-corrected chi connectivity index (χ4v) is 6.95.